The van der Waals surface area contributed by atoms with Crippen molar-refractivity contribution in [3.63, 3.8) is 0 Å². The Balaban J connectivity index is 1.60. The van der Waals surface area contributed by atoms with Crippen LogP contribution >= 0.6 is 11.6 Å². The zero-order chi connectivity index (χ0) is 19.3. The van der Waals surface area contributed by atoms with Crippen molar-refractivity contribution in [1.29, 1.82) is 0 Å². The van der Waals surface area contributed by atoms with Crippen LogP contribution in [0.4, 0.5) is 10.5 Å². The lowest BCUT2D eigenvalue weighted by molar-refractivity contribution is 0.0195. The van der Waals surface area contributed by atoms with E-state index in [-0.39, 0.29) is 12.1 Å². The molecule has 8 heteroatoms. The number of carbonyl (C=O) groups is 1. The molecule has 1 saturated heterocycles. The minimum atomic E-state index is -0.502. The monoisotopic (exact) mass is 390 g/mol. The Morgan fingerprint density at radius 1 is 1.30 bits per heavy atom. The summed E-state index contributed by atoms with van der Waals surface area (Å²) >= 11 is 6.33. The fourth-order valence-electron chi connectivity index (χ4n) is 3.55. The summed E-state index contributed by atoms with van der Waals surface area (Å²) in [7, 11) is 0. The number of hydrogen-bond donors (Lipinski definition) is 0. The summed E-state index contributed by atoms with van der Waals surface area (Å²) in [5.74, 6) is 1.42. The molecule has 2 aliphatic rings. The van der Waals surface area contributed by atoms with Crippen LogP contribution in [0.3, 0.4) is 0 Å². The maximum absolute atomic E-state index is 12.4. The first kappa shape index (κ1) is 18.1. The second-order valence-electron chi connectivity index (χ2n) is 7.98. The summed E-state index contributed by atoms with van der Waals surface area (Å²) < 4.78 is 11.5. The Morgan fingerprint density at radius 2 is 2.07 bits per heavy atom. The van der Waals surface area contributed by atoms with Crippen LogP contribution in [0.2, 0.25) is 5.15 Å². The summed E-state index contributed by atoms with van der Waals surface area (Å²) in [5.41, 5.74) is 1.24. The predicted octanol–water partition coefficient (Wildman–Crippen LogP) is 3.41. The lowest BCUT2D eigenvalue weighted by Crippen LogP contribution is -2.59. The molecule has 0 radical (unpaired) electrons. The van der Waals surface area contributed by atoms with Gasteiger partial charge in [0, 0.05) is 31.1 Å². The number of halogens is 1. The minimum absolute atomic E-state index is 0.0707. The molecule has 0 aliphatic carbocycles. The number of piperazine rings is 1. The molecule has 4 rings (SSSR count). The number of nitrogens with zero attached hydrogens (tertiary/aromatic N) is 4. The maximum atomic E-state index is 12.4. The summed E-state index contributed by atoms with van der Waals surface area (Å²) in [4.78, 5) is 25.1. The molecular weight excluding hydrogens is 368 g/mol. The molecule has 3 heterocycles. The van der Waals surface area contributed by atoms with Gasteiger partial charge in [0.2, 0.25) is 0 Å². The second kappa shape index (κ2) is 6.41. The Kier molecular flexibility index (Phi) is 4.29. The number of rotatable bonds is 0. The molecule has 27 heavy (non-hydrogen) atoms. The topological polar surface area (TPSA) is 67.8 Å². The normalized spacial score (nSPS) is 19.4. The van der Waals surface area contributed by atoms with E-state index in [2.05, 4.69) is 14.9 Å². The average molecular weight is 391 g/mol. The number of hydrogen-bond acceptors (Lipinski definition) is 6. The molecule has 1 atom stereocenters. The highest BCUT2D eigenvalue weighted by Gasteiger charge is 2.36. The summed E-state index contributed by atoms with van der Waals surface area (Å²) in [5, 5.41) is 1.25. The number of fused-ring (bicyclic) bond motifs is 4. The van der Waals surface area contributed by atoms with Crippen LogP contribution in [-0.4, -0.2) is 58.8 Å². The van der Waals surface area contributed by atoms with E-state index >= 15 is 0 Å². The molecule has 2 aliphatic heterocycles. The van der Waals surface area contributed by atoms with Gasteiger partial charge >= 0.3 is 6.09 Å². The van der Waals surface area contributed by atoms with Gasteiger partial charge in [-0.25, -0.2) is 14.8 Å². The Labute approximate surface area is 163 Å². The van der Waals surface area contributed by atoms with Crippen molar-refractivity contribution in [2.24, 2.45) is 0 Å². The third-order valence-electron chi connectivity index (χ3n) is 4.72. The molecule has 1 fully saturated rings. The van der Waals surface area contributed by atoms with Crippen LogP contribution in [0.15, 0.2) is 12.1 Å². The molecule has 1 aromatic heterocycles. The molecule has 0 saturated carbocycles. The van der Waals surface area contributed by atoms with E-state index in [1.165, 1.54) is 0 Å². The minimum Gasteiger partial charge on any atom is -0.489 e. The molecule has 144 valence electrons. The van der Waals surface area contributed by atoms with E-state index < -0.39 is 5.60 Å². The molecule has 0 N–H and O–H groups in total. The van der Waals surface area contributed by atoms with E-state index in [1.807, 2.05) is 39.8 Å². The molecular formula is C19H23ClN4O3. The number of carbonyl (C=O) groups excluding carboxylic acids is 1. The van der Waals surface area contributed by atoms with Gasteiger partial charge in [-0.3, -0.25) is 0 Å². The zero-order valence-electron chi connectivity index (χ0n) is 16.0. The number of ether oxygens (including phenoxy) is 2. The fourth-order valence-corrected chi connectivity index (χ4v) is 3.82. The second-order valence-corrected chi connectivity index (χ2v) is 8.34. The van der Waals surface area contributed by atoms with E-state index in [9.17, 15) is 4.79 Å². The lowest BCUT2D eigenvalue weighted by Gasteiger charge is -2.45. The van der Waals surface area contributed by atoms with Crippen LogP contribution in [-0.2, 0) is 4.74 Å². The smallest absolute Gasteiger partial charge is 0.410 e. The molecule has 1 amide bonds. The molecule has 1 aromatic carbocycles. The average Bonchev–Trinajstić information content (AvgIpc) is 2.58. The predicted molar refractivity (Wildman–Crippen MR) is 104 cm³/mol. The SMILES string of the molecule is Cc1nc(Cl)c2cc3c(cc2n1)OC[C@H]1CN(C(=O)OC(C)(C)C)CCN31. The first-order valence-corrected chi connectivity index (χ1v) is 9.44. The third-order valence-corrected chi connectivity index (χ3v) is 5.00. The van der Waals surface area contributed by atoms with Crippen molar-refractivity contribution in [1.82, 2.24) is 14.9 Å². The maximum Gasteiger partial charge on any atom is 0.410 e. The van der Waals surface area contributed by atoms with Gasteiger partial charge in [0.25, 0.3) is 0 Å². The van der Waals surface area contributed by atoms with Crippen molar-refractivity contribution in [2.75, 3.05) is 31.1 Å². The highest BCUT2D eigenvalue weighted by Crippen LogP contribution is 2.39. The third kappa shape index (κ3) is 3.48. The number of aromatic nitrogens is 2. The van der Waals surface area contributed by atoms with Gasteiger partial charge < -0.3 is 19.3 Å². The highest BCUT2D eigenvalue weighted by molar-refractivity contribution is 6.34. The number of anilines is 1. The number of amides is 1. The number of benzene rings is 1. The van der Waals surface area contributed by atoms with Gasteiger partial charge in [-0.2, -0.15) is 0 Å². The Hall–Kier alpha value is -2.28. The Bertz CT molecular complexity index is 912. The molecule has 2 aromatic rings. The van der Waals surface area contributed by atoms with Gasteiger partial charge in [0.15, 0.2) is 0 Å². The summed E-state index contributed by atoms with van der Waals surface area (Å²) in [6.45, 7) is 9.81. The van der Waals surface area contributed by atoms with Crippen molar-refractivity contribution >= 4 is 34.3 Å². The van der Waals surface area contributed by atoms with E-state index in [4.69, 9.17) is 21.1 Å². The molecule has 0 unspecified atom stereocenters. The first-order valence-electron chi connectivity index (χ1n) is 9.06. The van der Waals surface area contributed by atoms with Crippen LogP contribution in [0.1, 0.15) is 26.6 Å². The van der Waals surface area contributed by atoms with Gasteiger partial charge in [-0.1, -0.05) is 11.6 Å². The van der Waals surface area contributed by atoms with E-state index in [1.54, 1.807) is 4.90 Å². The highest BCUT2D eigenvalue weighted by atomic mass is 35.5. The van der Waals surface area contributed by atoms with Gasteiger partial charge in [-0.15, -0.1) is 0 Å². The van der Waals surface area contributed by atoms with Crippen LogP contribution < -0.4 is 9.64 Å². The van der Waals surface area contributed by atoms with Crippen molar-refractivity contribution < 1.29 is 14.3 Å². The van der Waals surface area contributed by atoms with Gasteiger partial charge in [0.05, 0.1) is 17.2 Å². The largest absolute Gasteiger partial charge is 0.489 e. The van der Waals surface area contributed by atoms with Gasteiger partial charge in [0.1, 0.15) is 28.9 Å². The van der Waals surface area contributed by atoms with Crippen LogP contribution in [0.25, 0.3) is 10.9 Å². The Morgan fingerprint density at radius 3 is 2.81 bits per heavy atom. The number of aryl methyl sites for hydroxylation is 1. The van der Waals surface area contributed by atoms with Crippen LogP contribution in [0.5, 0.6) is 5.75 Å². The summed E-state index contributed by atoms with van der Waals surface area (Å²) in [6.07, 6.45) is -0.279. The van der Waals surface area contributed by atoms with Crippen molar-refractivity contribution in [2.45, 2.75) is 39.3 Å². The first-order chi connectivity index (χ1) is 12.7. The van der Waals surface area contributed by atoms with Crippen molar-refractivity contribution in [3.05, 3.63) is 23.1 Å². The molecule has 0 bridgehead atoms. The fraction of sp³-hybridized carbons (Fsp3) is 0.526. The lowest BCUT2D eigenvalue weighted by atomic mass is 10.1. The van der Waals surface area contributed by atoms with Crippen LogP contribution in [0, 0.1) is 6.92 Å². The quantitative estimate of drug-likeness (QED) is 0.642. The van der Waals surface area contributed by atoms with E-state index in [0.717, 1.165) is 22.3 Å². The zero-order valence-corrected chi connectivity index (χ0v) is 16.7. The van der Waals surface area contributed by atoms with Gasteiger partial charge in [-0.05, 0) is 33.8 Å². The summed E-state index contributed by atoms with van der Waals surface area (Å²) in [6, 6.07) is 3.98. The standard InChI is InChI=1S/C19H23ClN4O3/c1-11-21-14-8-16-15(7-13(14)17(20)22-11)24-6-5-23(9-12(24)10-26-16)18(25)27-19(2,3)4/h7-8,12H,5-6,9-10H2,1-4H3/t12-/m1/s1. The molecule has 0 spiro atoms. The van der Waals surface area contributed by atoms with E-state index in [0.29, 0.717) is 37.2 Å². The van der Waals surface area contributed by atoms with Crippen molar-refractivity contribution in [3.8, 4) is 5.75 Å². The molecule has 7 nitrogen and oxygen atoms in total.